The Morgan fingerprint density at radius 2 is 1.33 bits per heavy atom. The zero-order valence-electron chi connectivity index (χ0n) is 20.6. The van der Waals surface area contributed by atoms with Crippen molar-refractivity contribution >= 4 is 0 Å². The van der Waals surface area contributed by atoms with Gasteiger partial charge in [-0.1, -0.05) is 55.5 Å². The minimum atomic E-state index is 0.666. The molecule has 0 bridgehead atoms. The van der Waals surface area contributed by atoms with Crippen LogP contribution >= 0.6 is 0 Å². The average molecular weight is 441 g/mol. The van der Waals surface area contributed by atoms with Crippen molar-refractivity contribution in [3.63, 3.8) is 0 Å². The normalized spacial score (nSPS) is 25.4. The van der Waals surface area contributed by atoms with E-state index in [1.165, 1.54) is 68.9 Å². The molecule has 0 amide bonds. The summed E-state index contributed by atoms with van der Waals surface area (Å²) in [4.78, 5) is 0. The van der Waals surface area contributed by atoms with Crippen LogP contribution in [0, 0.1) is 23.7 Å². The number of hydrogen-bond acceptors (Lipinski definition) is 1. The minimum Gasteiger partial charge on any atom is -0.494 e. The van der Waals surface area contributed by atoms with Crippen LogP contribution in [0.25, 0.3) is 0 Å². The van der Waals surface area contributed by atoms with Gasteiger partial charge in [-0.25, -0.2) is 0 Å². The first-order chi connectivity index (χ1) is 16.2. The second kappa shape index (κ2) is 12.1. The summed E-state index contributed by atoms with van der Waals surface area (Å²) in [6.45, 7) is 5.09. The molecule has 0 unspecified atom stereocenters. The maximum atomic E-state index is 5.57. The summed E-state index contributed by atoms with van der Waals surface area (Å²) in [5.41, 5.74) is 4.10. The number of allylic oxidation sites excluding steroid dienone is 2. The van der Waals surface area contributed by atoms with E-state index in [-0.39, 0.29) is 0 Å². The van der Waals surface area contributed by atoms with Gasteiger partial charge in [-0.15, -0.1) is 0 Å². The number of ether oxygens (including phenoxy) is 1. The van der Waals surface area contributed by atoms with Crippen LogP contribution in [0.15, 0.2) is 60.7 Å². The highest BCUT2D eigenvalue weighted by Gasteiger charge is 2.21. The van der Waals surface area contributed by atoms with Crippen LogP contribution in [0.2, 0.25) is 0 Å². The van der Waals surface area contributed by atoms with E-state index in [9.17, 15) is 0 Å². The third kappa shape index (κ3) is 6.77. The Balaban J connectivity index is 1.22. The van der Waals surface area contributed by atoms with Crippen molar-refractivity contribution in [3.8, 4) is 17.6 Å². The highest BCUT2D eigenvalue weighted by Crippen LogP contribution is 2.38. The summed E-state index contributed by atoms with van der Waals surface area (Å²) >= 11 is 0. The van der Waals surface area contributed by atoms with Gasteiger partial charge in [0.05, 0.1) is 6.61 Å². The molecule has 0 saturated heterocycles. The fourth-order valence-corrected chi connectivity index (χ4v) is 5.70. The van der Waals surface area contributed by atoms with Gasteiger partial charge in [0.2, 0.25) is 0 Å². The number of benzene rings is 2. The molecule has 0 aromatic heterocycles. The van der Waals surface area contributed by atoms with Gasteiger partial charge in [0.15, 0.2) is 0 Å². The number of rotatable bonds is 6. The topological polar surface area (TPSA) is 9.23 Å². The van der Waals surface area contributed by atoms with E-state index >= 15 is 0 Å². The van der Waals surface area contributed by atoms with Gasteiger partial charge in [0.25, 0.3) is 0 Å². The van der Waals surface area contributed by atoms with E-state index in [1.54, 1.807) is 0 Å². The van der Waals surface area contributed by atoms with Crippen molar-refractivity contribution in [3.05, 3.63) is 77.4 Å². The quantitative estimate of drug-likeness (QED) is 0.408. The molecule has 2 fully saturated rings. The standard InChI is InChI=1S/C32H40O/c1-3-25-9-15-28(16-10-25)29-17-11-26(12-18-29)7-5-6-8-27-13-19-30(20-14-27)31-21-23-32(24-22-31)33-4-2/h6,8,11-12,17-18,21-25,27-28,30H,3-4,9-10,13-16,19-20H2,1-2H3. The van der Waals surface area contributed by atoms with Crippen molar-refractivity contribution < 1.29 is 4.74 Å². The first kappa shape index (κ1) is 23.7. The van der Waals surface area contributed by atoms with Crippen LogP contribution in [0.4, 0.5) is 0 Å². The predicted octanol–water partition coefficient (Wildman–Crippen LogP) is 8.65. The molecule has 0 N–H and O–H groups in total. The lowest BCUT2D eigenvalue weighted by atomic mass is 9.78. The predicted molar refractivity (Wildman–Crippen MR) is 140 cm³/mol. The first-order valence-electron chi connectivity index (χ1n) is 13.3. The molecule has 33 heavy (non-hydrogen) atoms. The molecular weight excluding hydrogens is 400 g/mol. The van der Waals surface area contributed by atoms with Gasteiger partial charge in [0.1, 0.15) is 5.75 Å². The monoisotopic (exact) mass is 440 g/mol. The van der Waals surface area contributed by atoms with Gasteiger partial charge in [-0.3, -0.25) is 0 Å². The van der Waals surface area contributed by atoms with E-state index < -0.39 is 0 Å². The zero-order chi connectivity index (χ0) is 22.9. The molecular formula is C32H40O. The van der Waals surface area contributed by atoms with Gasteiger partial charge in [-0.05, 0) is 123 Å². The smallest absolute Gasteiger partial charge is 0.119 e. The Labute approximate surface area is 201 Å². The second-order valence-corrected chi connectivity index (χ2v) is 9.99. The van der Waals surface area contributed by atoms with E-state index in [0.29, 0.717) is 11.8 Å². The molecule has 0 radical (unpaired) electrons. The van der Waals surface area contributed by atoms with Crippen LogP contribution in [0.3, 0.4) is 0 Å². The highest BCUT2D eigenvalue weighted by atomic mass is 16.5. The second-order valence-electron chi connectivity index (χ2n) is 9.99. The lowest BCUT2D eigenvalue weighted by Gasteiger charge is -2.28. The van der Waals surface area contributed by atoms with E-state index in [0.717, 1.165) is 29.8 Å². The Bertz CT molecular complexity index is 925. The van der Waals surface area contributed by atoms with Gasteiger partial charge in [-0.2, -0.15) is 0 Å². The molecule has 174 valence electrons. The number of hydrogen-bond donors (Lipinski definition) is 0. The minimum absolute atomic E-state index is 0.666. The van der Waals surface area contributed by atoms with Crippen molar-refractivity contribution in [1.82, 2.24) is 0 Å². The molecule has 2 aliphatic carbocycles. The van der Waals surface area contributed by atoms with Crippen LogP contribution in [0.5, 0.6) is 5.75 Å². The van der Waals surface area contributed by atoms with E-state index in [2.05, 4.69) is 79.4 Å². The summed E-state index contributed by atoms with van der Waals surface area (Å²) in [5.74, 6) is 10.7. The van der Waals surface area contributed by atoms with E-state index in [4.69, 9.17) is 4.74 Å². The van der Waals surface area contributed by atoms with Crippen LogP contribution in [-0.4, -0.2) is 6.61 Å². The molecule has 2 aromatic rings. The van der Waals surface area contributed by atoms with Crippen LogP contribution in [-0.2, 0) is 0 Å². The summed E-state index contributed by atoms with van der Waals surface area (Å²) in [6.07, 6.45) is 16.3. The third-order valence-electron chi connectivity index (χ3n) is 7.91. The van der Waals surface area contributed by atoms with Crippen molar-refractivity contribution in [2.24, 2.45) is 11.8 Å². The van der Waals surface area contributed by atoms with Crippen molar-refractivity contribution in [1.29, 1.82) is 0 Å². The molecule has 2 aromatic carbocycles. The first-order valence-corrected chi connectivity index (χ1v) is 13.3. The van der Waals surface area contributed by atoms with Crippen LogP contribution < -0.4 is 4.74 Å². The Hall–Kier alpha value is -2.46. The Morgan fingerprint density at radius 1 is 0.758 bits per heavy atom. The zero-order valence-corrected chi connectivity index (χ0v) is 20.6. The van der Waals surface area contributed by atoms with Gasteiger partial charge >= 0.3 is 0 Å². The molecule has 0 heterocycles. The summed E-state index contributed by atoms with van der Waals surface area (Å²) in [5, 5.41) is 0. The lowest BCUT2D eigenvalue weighted by molar-refractivity contribution is 0.319. The average Bonchev–Trinajstić information content (AvgIpc) is 2.88. The van der Waals surface area contributed by atoms with Crippen molar-refractivity contribution in [2.45, 2.75) is 83.5 Å². The van der Waals surface area contributed by atoms with Gasteiger partial charge < -0.3 is 4.74 Å². The molecule has 2 saturated carbocycles. The molecule has 0 aliphatic heterocycles. The summed E-state index contributed by atoms with van der Waals surface area (Å²) in [7, 11) is 0. The SMILES string of the molecule is CCOc1ccc(C2CCC(C=CC#Cc3ccc(C4CCC(CC)CC4)cc3)CC2)cc1. The largest absolute Gasteiger partial charge is 0.494 e. The van der Waals surface area contributed by atoms with Crippen molar-refractivity contribution in [2.75, 3.05) is 6.61 Å². The molecule has 1 nitrogen and oxygen atoms in total. The summed E-state index contributed by atoms with van der Waals surface area (Å²) < 4.78 is 5.57. The van der Waals surface area contributed by atoms with Crippen LogP contribution in [0.1, 0.15) is 100 Å². The van der Waals surface area contributed by atoms with Gasteiger partial charge in [0, 0.05) is 5.56 Å². The Kier molecular flexibility index (Phi) is 8.71. The molecule has 0 spiro atoms. The Morgan fingerprint density at radius 3 is 1.91 bits per heavy atom. The van der Waals surface area contributed by atoms with E-state index in [1.807, 2.05) is 6.92 Å². The fraction of sp³-hybridized carbons (Fsp3) is 0.500. The molecule has 0 atom stereocenters. The lowest BCUT2D eigenvalue weighted by Crippen LogP contribution is -2.12. The molecule has 1 heteroatoms. The maximum Gasteiger partial charge on any atom is 0.119 e. The third-order valence-corrected chi connectivity index (χ3v) is 7.91. The molecule has 2 aliphatic rings. The highest BCUT2D eigenvalue weighted by molar-refractivity contribution is 5.39. The fourth-order valence-electron chi connectivity index (χ4n) is 5.70. The summed E-state index contributed by atoms with van der Waals surface area (Å²) in [6, 6.07) is 17.8. The maximum absolute atomic E-state index is 5.57. The molecule has 4 rings (SSSR count).